The maximum absolute atomic E-state index is 12.6. The molecule has 3 aromatic rings. The first kappa shape index (κ1) is 15.1. The molecule has 114 valence electrons. The van der Waals surface area contributed by atoms with Crippen LogP contribution in [0.4, 0.5) is 13.2 Å². The molecular weight excluding hydrogens is 335 g/mol. The average Bonchev–Trinajstić information content (AvgIpc) is 2.79. The lowest BCUT2D eigenvalue weighted by atomic mass is 10.2. The zero-order chi connectivity index (χ0) is 15.9. The van der Waals surface area contributed by atoms with Crippen LogP contribution in [0.5, 0.6) is 11.5 Å². The van der Waals surface area contributed by atoms with Gasteiger partial charge in [-0.15, -0.1) is 11.3 Å². The lowest BCUT2D eigenvalue weighted by Gasteiger charge is -2.11. The molecule has 0 unspecified atom stereocenters. The molecule has 0 aliphatic heterocycles. The van der Waals surface area contributed by atoms with E-state index in [2.05, 4.69) is 4.98 Å². The summed E-state index contributed by atoms with van der Waals surface area (Å²) < 4.78 is 44.3. The summed E-state index contributed by atoms with van der Waals surface area (Å²) in [6.45, 7) is 1.90. The van der Waals surface area contributed by atoms with Gasteiger partial charge in [-0.2, -0.15) is 13.2 Å². The minimum atomic E-state index is -4.43. The minimum absolute atomic E-state index is 0.0876. The molecule has 1 heterocycles. The van der Waals surface area contributed by atoms with Crippen LogP contribution in [0.25, 0.3) is 10.2 Å². The molecule has 0 saturated carbocycles. The number of benzene rings is 2. The van der Waals surface area contributed by atoms with Gasteiger partial charge in [-0.3, -0.25) is 0 Å². The first-order valence-corrected chi connectivity index (χ1v) is 7.44. The third-order valence-electron chi connectivity index (χ3n) is 2.95. The Morgan fingerprint density at radius 3 is 2.59 bits per heavy atom. The van der Waals surface area contributed by atoms with Crippen LogP contribution < -0.4 is 4.74 Å². The summed E-state index contributed by atoms with van der Waals surface area (Å²) >= 11 is 7.39. The molecule has 22 heavy (non-hydrogen) atoms. The summed E-state index contributed by atoms with van der Waals surface area (Å²) in [4.78, 5) is 4.33. The average molecular weight is 344 g/mol. The van der Waals surface area contributed by atoms with Crippen LogP contribution in [0.2, 0.25) is 5.02 Å². The molecule has 0 atom stereocenters. The minimum Gasteiger partial charge on any atom is -0.456 e. The summed E-state index contributed by atoms with van der Waals surface area (Å²) in [7, 11) is 0. The van der Waals surface area contributed by atoms with E-state index in [0.717, 1.165) is 27.4 Å². The van der Waals surface area contributed by atoms with Gasteiger partial charge in [-0.05, 0) is 37.3 Å². The highest BCUT2D eigenvalue weighted by Gasteiger charge is 2.31. The van der Waals surface area contributed by atoms with E-state index in [1.54, 1.807) is 18.2 Å². The Morgan fingerprint density at radius 1 is 1.14 bits per heavy atom. The number of alkyl halides is 3. The van der Waals surface area contributed by atoms with E-state index >= 15 is 0 Å². The van der Waals surface area contributed by atoms with Gasteiger partial charge >= 0.3 is 6.18 Å². The number of fused-ring (bicyclic) bond motifs is 1. The topological polar surface area (TPSA) is 22.1 Å². The van der Waals surface area contributed by atoms with Gasteiger partial charge < -0.3 is 4.74 Å². The molecule has 0 bridgehead atoms. The highest BCUT2D eigenvalue weighted by atomic mass is 35.5. The van der Waals surface area contributed by atoms with Gasteiger partial charge in [0, 0.05) is 6.07 Å². The van der Waals surface area contributed by atoms with Crippen LogP contribution in [0.15, 0.2) is 36.4 Å². The third kappa shape index (κ3) is 3.03. The number of hydrogen-bond acceptors (Lipinski definition) is 3. The van der Waals surface area contributed by atoms with Crippen molar-refractivity contribution in [2.75, 3.05) is 0 Å². The van der Waals surface area contributed by atoms with E-state index in [4.69, 9.17) is 16.3 Å². The van der Waals surface area contributed by atoms with E-state index < -0.39 is 11.7 Å². The van der Waals surface area contributed by atoms with Gasteiger partial charge in [0.05, 0.1) is 25.8 Å². The number of nitrogens with zero attached hydrogens (tertiary/aromatic N) is 1. The Hall–Kier alpha value is -1.79. The van der Waals surface area contributed by atoms with E-state index in [9.17, 15) is 13.2 Å². The first-order chi connectivity index (χ1) is 10.3. The summed E-state index contributed by atoms with van der Waals surface area (Å²) in [5.74, 6) is 0.674. The molecule has 0 N–H and O–H groups in total. The zero-order valence-corrected chi connectivity index (χ0v) is 12.8. The van der Waals surface area contributed by atoms with Crippen molar-refractivity contribution < 1.29 is 17.9 Å². The van der Waals surface area contributed by atoms with Crippen molar-refractivity contribution in [3.05, 3.63) is 52.0 Å². The predicted molar refractivity (Wildman–Crippen MR) is 80.9 cm³/mol. The number of thiazole rings is 1. The van der Waals surface area contributed by atoms with Crippen LogP contribution in [0.1, 0.15) is 10.6 Å². The predicted octanol–water partition coefficient (Wildman–Crippen LogP) is 6.07. The molecule has 2 aromatic carbocycles. The number of aromatic nitrogens is 1. The lowest BCUT2D eigenvalue weighted by molar-refractivity contribution is -0.137. The lowest BCUT2D eigenvalue weighted by Crippen LogP contribution is -2.04. The van der Waals surface area contributed by atoms with Crippen LogP contribution in [-0.2, 0) is 6.18 Å². The largest absolute Gasteiger partial charge is 0.456 e. The van der Waals surface area contributed by atoms with Gasteiger partial charge in [0.25, 0.3) is 0 Å². The monoisotopic (exact) mass is 343 g/mol. The van der Waals surface area contributed by atoms with E-state index in [1.165, 1.54) is 17.4 Å². The second-order valence-electron chi connectivity index (χ2n) is 4.61. The van der Waals surface area contributed by atoms with Gasteiger partial charge in [0.15, 0.2) is 0 Å². The standard InChI is InChI=1S/C15H9ClF3NOS/c1-8-20-12-4-3-10(7-14(12)22-8)21-13-5-2-9(6-11(13)16)15(17,18)19/h2-7H,1H3. The van der Waals surface area contributed by atoms with Crippen molar-refractivity contribution >= 4 is 33.2 Å². The molecule has 0 spiro atoms. The fourth-order valence-electron chi connectivity index (χ4n) is 1.97. The second kappa shape index (κ2) is 5.44. The normalized spacial score (nSPS) is 11.9. The van der Waals surface area contributed by atoms with Crippen LogP contribution in [0, 0.1) is 6.92 Å². The van der Waals surface area contributed by atoms with Gasteiger partial charge in [0.1, 0.15) is 11.5 Å². The number of hydrogen-bond donors (Lipinski definition) is 0. The van der Waals surface area contributed by atoms with E-state index in [1.807, 2.05) is 6.92 Å². The number of halogens is 4. The van der Waals surface area contributed by atoms with E-state index in [0.29, 0.717) is 5.75 Å². The third-order valence-corrected chi connectivity index (χ3v) is 4.18. The van der Waals surface area contributed by atoms with E-state index in [-0.39, 0.29) is 10.8 Å². The maximum atomic E-state index is 12.6. The molecule has 0 radical (unpaired) electrons. The van der Waals surface area contributed by atoms with Crippen LogP contribution >= 0.6 is 22.9 Å². The maximum Gasteiger partial charge on any atom is 0.416 e. The van der Waals surface area contributed by atoms with Crippen LogP contribution in [-0.4, -0.2) is 4.98 Å². The van der Waals surface area contributed by atoms with Crippen molar-refractivity contribution in [2.24, 2.45) is 0 Å². The summed E-state index contributed by atoms with van der Waals surface area (Å²) in [6.07, 6.45) is -4.43. The van der Waals surface area contributed by atoms with Crippen LogP contribution in [0.3, 0.4) is 0 Å². The molecule has 0 saturated heterocycles. The van der Waals surface area contributed by atoms with Gasteiger partial charge in [0.2, 0.25) is 0 Å². The molecule has 0 amide bonds. The smallest absolute Gasteiger partial charge is 0.416 e. The SMILES string of the molecule is Cc1nc2ccc(Oc3ccc(C(F)(F)F)cc3Cl)cc2s1. The molecular formula is C15H9ClF3NOS. The van der Waals surface area contributed by atoms with Gasteiger partial charge in [-0.1, -0.05) is 11.6 Å². The van der Waals surface area contributed by atoms with Crippen molar-refractivity contribution in [2.45, 2.75) is 13.1 Å². The first-order valence-electron chi connectivity index (χ1n) is 6.25. The number of rotatable bonds is 2. The summed E-state index contributed by atoms with van der Waals surface area (Å²) in [5, 5.41) is 0.843. The zero-order valence-electron chi connectivity index (χ0n) is 11.2. The molecule has 0 fully saturated rings. The highest BCUT2D eigenvalue weighted by Crippen LogP contribution is 2.37. The summed E-state index contributed by atoms with van der Waals surface area (Å²) in [6, 6.07) is 8.30. The fraction of sp³-hybridized carbons (Fsp3) is 0.133. The molecule has 7 heteroatoms. The molecule has 0 aliphatic rings. The number of aryl methyl sites for hydroxylation is 1. The Morgan fingerprint density at radius 2 is 1.91 bits per heavy atom. The van der Waals surface area contributed by atoms with Gasteiger partial charge in [-0.25, -0.2) is 4.98 Å². The van der Waals surface area contributed by atoms with Crippen molar-refractivity contribution in [3.8, 4) is 11.5 Å². The summed E-state index contributed by atoms with van der Waals surface area (Å²) in [5.41, 5.74) is 0.0479. The molecule has 1 aromatic heterocycles. The van der Waals surface area contributed by atoms with Crippen molar-refractivity contribution in [3.63, 3.8) is 0 Å². The Bertz CT molecular complexity index is 844. The fourth-order valence-corrected chi connectivity index (χ4v) is 3.05. The highest BCUT2D eigenvalue weighted by molar-refractivity contribution is 7.18. The Kier molecular flexibility index (Phi) is 3.74. The molecule has 2 nitrogen and oxygen atoms in total. The quantitative estimate of drug-likeness (QED) is 0.563. The Labute approximate surface area is 133 Å². The van der Waals surface area contributed by atoms with Crippen molar-refractivity contribution in [1.82, 2.24) is 4.98 Å². The second-order valence-corrected chi connectivity index (χ2v) is 6.25. The molecule has 0 aliphatic carbocycles. The molecule has 3 rings (SSSR count). The number of ether oxygens (including phenoxy) is 1. The Balaban J connectivity index is 1.91. The van der Waals surface area contributed by atoms with Crippen molar-refractivity contribution in [1.29, 1.82) is 0 Å².